The van der Waals surface area contributed by atoms with Crippen LogP contribution in [0.15, 0.2) is 47.7 Å². The van der Waals surface area contributed by atoms with Crippen LogP contribution in [0, 0.1) is 0 Å². The third kappa shape index (κ3) is 4.32. The Bertz CT molecular complexity index is 1070. The Morgan fingerprint density at radius 1 is 1.23 bits per heavy atom. The van der Waals surface area contributed by atoms with Gasteiger partial charge in [0.25, 0.3) is 0 Å². The summed E-state index contributed by atoms with van der Waals surface area (Å²) in [6.07, 6.45) is 9.09. The predicted molar refractivity (Wildman–Crippen MR) is 120 cm³/mol. The smallest absolute Gasteiger partial charge is 0.336 e. The van der Waals surface area contributed by atoms with E-state index in [1.807, 2.05) is 0 Å². The number of halogens is 1. The van der Waals surface area contributed by atoms with E-state index in [-0.39, 0.29) is 17.5 Å². The second-order valence-electron chi connectivity index (χ2n) is 7.95. The number of nitrogens with zero attached hydrogens (tertiary/aromatic N) is 2. The number of aromatic carboxylic acids is 1. The molecule has 2 fully saturated rings. The molecule has 2 saturated carbocycles. The maximum Gasteiger partial charge on any atom is 0.336 e. The van der Waals surface area contributed by atoms with Crippen LogP contribution >= 0.6 is 11.6 Å². The summed E-state index contributed by atoms with van der Waals surface area (Å²) < 4.78 is 0. The van der Waals surface area contributed by atoms with Crippen molar-refractivity contribution in [3.8, 4) is 0 Å². The number of nitrogens with one attached hydrogen (secondary N) is 1. The first-order chi connectivity index (χ1) is 14.9. The minimum atomic E-state index is -1.11. The lowest BCUT2D eigenvalue weighted by atomic mass is 9.93. The molecule has 0 bridgehead atoms. The van der Waals surface area contributed by atoms with Gasteiger partial charge in [-0.1, -0.05) is 17.7 Å². The van der Waals surface area contributed by atoms with E-state index < -0.39 is 11.4 Å². The maximum atomic E-state index is 13.0. The quantitative estimate of drug-likeness (QED) is 0.564. The van der Waals surface area contributed by atoms with Crippen LogP contribution in [0.5, 0.6) is 0 Å². The third-order valence-corrected chi connectivity index (χ3v) is 6.12. The van der Waals surface area contributed by atoms with Crippen molar-refractivity contribution in [1.29, 1.82) is 0 Å². The van der Waals surface area contributed by atoms with Crippen LogP contribution in [0.2, 0.25) is 5.02 Å². The normalized spacial score (nSPS) is 17.9. The van der Waals surface area contributed by atoms with Gasteiger partial charge in [-0.05, 0) is 61.9 Å². The molecule has 1 heterocycles. The van der Waals surface area contributed by atoms with Crippen molar-refractivity contribution in [1.82, 2.24) is 4.98 Å². The average Bonchev–Trinajstić information content (AvgIpc) is 3.53. The van der Waals surface area contributed by atoms with Gasteiger partial charge in [0.2, 0.25) is 5.91 Å². The largest absolute Gasteiger partial charge is 0.478 e. The molecule has 0 unspecified atom stereocenters. The van der Waals surface area contributed by atoms with Gasteiger partial charge in [0.05, 0.1) is 21.7 Å². The first-order valence-corrected chi connectivity index (χ1v) is 10.6. The van der Waals surface area contributed by atoms with E-state index in [0.717, 1.165) is 19.3 Å². The average molecular weight is 439 g/mol. The molecule has 2 aliphatic rings. The van der Waals surface area contributed by atoms with Crippen LogP contribution in [0.1, 0.15) is 53.7 Å². The highest BCUT2D eigenvalue weighted by Crippen LogP contribution is 2.48. The molecule has 160 valence electrons. The fourth-order valence-corrected chi connectivity index (χ4v) is 3.72. The molecular weight excluding hydrogens is 416 g/mol. The molecule has 2 aliphatic carbocycles. The third-order valence-electron chi connectivity index (χ3n) is 5.90. The number of carboxylic acids is 1. The molecule has 8 heteroatoms. The molecule has 0 radical (unpaired) electrons. The van der Waals surface area contributed by atoms with E-state index in [2.05, 4.69) is 15.3 Å². The predicted octanol–water partition coefficient (Wildman–Crippen LogP) is 4.03. The van der Waals surface area contributed by atoms with E-state index >= 15 is 0 Å². The first kappa shape index (κ1) is 21.1. The van der Waals surface area contributed by atoms with Crippen LogP contribution < -0.4 is 11.1 Å². The molecule has 0 aliphatic heterocycles. The number of hydrogen-bond acceptors (Lipinski definition) is 5. The van der Waals surface area contributed by atoms with Crippen molar-refractivity contribution in [2.24, 2.45) is 10.7 Å². The van der Waals surface area contributed by atoms with Crippen molar-refractivity contribution >= 4 is 41.0 Å². The van der Waals surface area contributed by atoms with Crippen molar-refractivity contribution in [3.05, 3.63) is 64.6 Å². The Hall–Kier alpha value is -3.19. The molecule has 2 aromatic rings. The second-order valence-corrected chi connectivity index (χ2v) is 8.38. The number of hydrogen-bond donors (Lipinski definition) is 3. The molecule has 1 amide bonds. The van der Waals surface area contributed by atoms with Gasteiger partial charge in [-0.3, -0.25) is 14.8 Å². The summed E-state index contributed by atoms with van der Waals surface area (Å²) in [6.45, 7) is 0. The van der Waals surface area contributed by atoms with E-state index in [1.54, 1.807) is 30.5 Å². The highest BCUT2D eigenvalue weighted by Gasteiger charge is 2.52. The zero-order valence-corrected chi connectivity index (χ0v) is 17.6. The molecule has 7 nitrogen and oxygen atoms in total. The van der Waals surface area contributed by atoms with Crippen molar-refractivity contribution in [2.45, 2.75) is 43.6 Å². The Kier molecular flexibility index (Phi) is 5.78. The second kappa shape index (κ2) is 8.51. The zero-order chi connectivity index (χ0) is 22.0. The fourth-order valence-electron chi connectivity index (χ4n) is 3.61. The topological polar surface area (TPSA) is 118 Å². The zero-order valence-electron chi connectivity index (χ0n) is 16.8. The molecule has 0 saturated heterocycles. The number of amides is 1. The van der Waals surface area contributed by atoms with Gasteiger partial charge in [0.15, 0.2) is 0 Å². The van der Waals surface area contributed by atoms with Crippen molar-refractivity contribution in [3.63, 3.8) is 0 Å². The number of aromatic nitrogens is 1. The highest BCUT2D eigenvalue weighted by atomic mass is 35.5. The van der Waals surface area contributed by atoms with Gasteiger partial charge < -0.3 is 16.2 Å². The maximum absolute atomic E-state index is 13.0. The lowest BCUT2D eigenvalue weighted by Crippen LogP contribution is -2.28. The van der Waals surface area contributed by atoms with Gasteiger partial charge in [0, 0.05) is 35.9 Å². The number of carboxylic acid groups (broad SMARTS) is 1. The Morgan fingerprint density at radius 2 is 2.00 bits per heavy atom. The van der Waals surface area contributed by atoms with Gasteiger partial charge in [-0.2, -0.15) is 0 Å². The minimum absolute atomic E-state index is 0.0454. The standard InChI is InChI=1S/C23H23ClN4O3/c24-15-4-7-20(27-13-15)23(8-9-23)22(31)28-17-5-6-18(19(10-17)21(29)30)14(11-25)12-26-16-2-1-3-16/h4-7,10-13,16H,1-3,8-9,25H2,(H,28,31)(H,29,30). The van der Waals surface area contributed by atoms with E-state index in [1.165, 1.54) is 18.5 Å². The molecular formula is C23H23ClN4O3. The van der Waals surface area contributed by atoms with Crippen LogP contribution in [0.3, 0.4) is 0 Å². The summed E-state index contributed by atoms with van der Waals surface area (Å²) in [5.74, 6) is -1.32. The van der Waals surface area contributed by atoms with Crippen LogP contribution in [0.4, 0.5) is 5.69 Å². The van der Waals surface area contributed by atoms with Gasteiger partial charge in [-0.25, -0.2) is 4.79 Å². The van der Waals surface area contributed by atoms with E-state index in [9.17, 15) is 14.7 Å². The molecule has 1 aromatic carbocycles. The monoisotopic (exact) mass is 438 g/mol. The van der Waals surface area contributed by atoms with E-state index in [0.29, 0.717) is 40.4 Å². The number of nitrogens with two attached hydrogens (primary N) is 1. The Morgan fingerprint density at radius 3 is 2.55 bits per heavy atom. The number of carbonyl (C=O) groups excluding carboxylic acids is 1. The van der Waals surface area contributed by atoms with Crippen molar-refractivity contribution in [2.75, 3.05) is 5.32 Å². The number of benzene rings is 1. The number of rotatable bonds is 7. The molecule has 0 atom stereocenters. The number of aliphatic imine (C=N–C) groups is 1. The van der Waals surface area contributed by atoms with E-state index in [4.69, 9.17) is 17.3 Å². The molecule has 4 N–H and O–H groups in total. The van der Waals surface area contributed by atoms with Crippen LogP contribution in [-0.2, 0) is 10.2 Å². The minimum Gasteiger partial charge on any atom is -0.478 e. The summed E-state index contributed by atoms with van der Waals surface area (Å²) in [5.41, 5.74) is 7.14. The number of anilines is 1. The lowest BCUT2D eigenvalue weighted by Gasteiger charge is -2.20. The summed E-state index contributed by atoms with van der Waals surface area (Å²) in [4.78, 5) is 33.6. The van der Waals surface area contributed by atoms with Gasteiger partial charge in [-0.15, -0.1) is 0 Å². The van der Waals surface area contributed by atoms with Crippen molar-refractivity contribution < 1.29 is 14.7 Å². The first-order valence-electron chi connectivity index (χ1n) is 10.2. The summed E-state index contributed by atoms with van der Waals surface area (Å²) in [7, 11) is 0. The van der Waals surface area contributed by atoms with Gasteiger partial charge >= 0.3 is 5.97 Å². The molecule has 4 rings (SSSR count). The summed E-state index contributed by atoms with van der Waals surface area (Å²) >= 11 is 5.90. The molecule has 31 heavy (non-hydrogen) atoms. The van der Waals surface area contributed by atoms with Crippen LogP contribution in [0.25, 0.3) is 5.57 Å². The molecule has 0 spiro atoms. The number of allylic oxidation sites excluding steroid dienone is 1. The summed E-state index contributed by atoms with van der Waals surface area (Å²) in [6, 6.07) is 8.50. The summed E-state index contributed by atoms with van der Waals surface area (Å²) in [5, 5.41) is 13.1. The fraction of sp³-hybridized carbons (Fsp3) is 0.304. The number of carbonyl (C=O) groups is 2. The number of pyridine rings is 1. The molecule has 1 aromatic heterocycles. The lowest BCUT2D eigenvalue weighted by molar-refractivity contribution is -0.118. The highest BCUT2D eigenvalue weighted by molar-refractivity contribution is 6.30. The van der Waals surface area contributed by atoms with Gasteiger partial charge in [0.1, 0.15) is 0 Å². The van der Waals surface area contributed by atoms with Crippen LogP contribution in [-0.4, -0.2) is 34.2 Å². The Labute approximate surface area is 185 Å². The Balaban J connectivity index is 1.56. The SMILES string of the molecule is NC=C(C=NC1CCC1)c1ccc(NC(=O)C2(c3ccc(Cl)cn3)CC2)cc1C(=O)O.